The Morgan fingerprint density at radius 1 is 0.694 bits per heavy atom. The lowest BCUT2D eigenvalue weighted by atomic mass is 9.87. The predicted molar refractivity (Wildman–Crippen MR) is 256 cm³/mol. The molecule has 6 amide bonds. The minimum Gasteiger partial charge on any atom is -0.480 e. The van der Waals surface area contributed by atoms with Crippen molar-refractivity contribution in [3.63, 3.8) is 0 Å². The minimum absolute atomic E-state index is 0.0131. The molecule has 0 radical (unpaired) electrons. The summed E-state index contributed by atoms with van der Waals surface area (Å²) in [6.45, 7) is 3.27. The quantitative estimate of drug-likeness (QED) is 0.0232. The van der Waals surface area contributed by atoms with Gasteiger partial charge in [-0.1, -0.05) is 0 Å². The molecule has 0 fully saturated rings. The summed E-state index contributed by atoms with van der Waals surface area (Å²) in [5.41, 5.74) is 19.5. The molecule has 4 atom stereocenters. The second-order valence-corrected chi connectivity index (χ2v) is 17.1. The van der Waals surface area contributed by atoms with Crippen LogP contribution in [0.4, 0.5) is 17.5 Å². The van der Waals surface area contributed by atoms with Gasteiger partial charge in [0.2, 0.25) is 35.5 Å². The van der Waals surface area contributed by atoms with E-state index in [9.17, 15) is 63.9 Å². The van der Waals surface area contributed by atoms with Crippen molar-refractivity contribution in [1.29, 1.82) is 0 Å². The van der Waals surface area contributed by atoms with Crippen LogP contribution in [-0.2, 0) is 44.9 Å². The van der Waals surface area contributed by atoms with E-state index in [2.05, 4.69) is 35.9 Å². The third-order valence-electron chi connectivity index (χ3n) is 11.4. The van der Waals surface area contributed by atoms with E-state index in [1.165, 1.54) is 18.3 Å². The molecule has 27 heteroatoms. The topological polar surface area (TPSA) is 413 Å². The fourth-order valence-corrected chi connectivity index (χ4v) is 7.17. The molecule has 1 aromatic carbocycles. The van der Waals surface area contributed by atoms with Crippen molar-refractivity contribution < 1.29 is 63.9 Å². The SMILES string of the molecule is CC(=O)N(O)CCC[C@H](CC(=O)[C@H](CCCN(O)C(C)=O)NC(=O)[C@@H](N)CCCN(O)C(C)=O)C(=O)CCCNC(=O)CC[C@H](NC(=O)c1ccc(N(C)Cc2cnc3nc(N)nc(N)c3n2)cc1)C(=O)O. The van der Waals surface area contributed by atoms with Crippen LogP contribution in [-0.4, -0.2) is 160 Å². The summed E-state index contributed by atoms with van der Waals surface area (Å²) in [4.78, 5) is 131. The number of aromatic nitrogens is 4. The number of nitrogen functional groups attached to an aromatic ring is 2. The molecule has 0 aliphatic carbocycles. The first kappa shape index (κ1) is 58.8. The Hall–Kier alpha value is -7.49. The molecule has 0 aliphatic heterocycles. The van der Waals surface area contributed by atoms with Gasteiger partial charge in [-0.25, -0.2) is 30.0 Å². The lowest BCUT2D eigenvalue weighted by Crippen LogP contribution is -2.49. The smallest absolute Gasteiger partial charge is 0.326 e. The van der Waals surface area contributed by atoms with Gasteiger partial charge < -0.3 is 43.2 Å². The molecule has 2 aromatic heterocycles. The van der Waals surface area contributed by atoms with E-state index < -0.39 is 77.0 Å². The Bertz CT molecular complexity index is 2390. The van der Waals surface area contributed by atoms with Gasteiger partial charge in [0, 0.05) is 90.4 Å². The highest BCUT2D eigenvalue weighted by Gasteiger charge is 2.29. The number of hydrogen-bond donors (Lipinski definition) is 10. The molecule has 0 saturated carbocycles. The van der Waals surface area contributed by atoms with E-state index in [-0.39, 0.29) is 120 Å². The first-order valence-electron chi connectivity index (χ1n) is 23.2. The number of Topliss-reactive ketones (excluding diaryl/α,β-unsaturated/α-hetero) is 2. The van der Waals surface area contributed by atoms with Crippen LogP contribution in [0.25, 0.3) is 11.2 Å². The van der Waals surface area contributed by atoms with Crippen LogP contribution in [0.1, 0.15) is 107 Å². The number of hydroxylamine groups is 6. The third-order valence-corrected chi connectivity index (χ3v) is 11.4. The number of nitrogens with two attached hydrogens (primary N) is 3. The average Bonchev–Trinajstić information content (AvgIpc) is 3.32. The number of rotatable bonds is 31. The highest BCUT2D eigenvalue weighted by molar-refractivity contribution is 5.97. The van der Waals surface area contributed by atoms with E-state index in [1.807, 2.05) is 4.90 Å². The number of nitrogens with zero attached hydrogens (tertiary/aromatic N) is 8. The van der Waals surface area contributed by atoms with Gasteiger partial charge >= 0.3 is 5.97 Å². The van der Waals surface area contributed by atoms with Crippen LogP contribution < -0.4 is 38.1 Å². The maximum absolute atomic E-state index is 13.8. The Morgan fingerprint density at radius 3 is 1.86 bits per heavy atom. The number of carboxylic acids is 1. The lowest BCUT2D eigenvalue weighted by Gasteiger charge is -2.24. The molecule has 3 rings (SSSR count). The Kier molecular flexibility index (Phi) is 23.7. The average molecular weight is 1010 g/mol. The molecular formula is C45H66N14O13. The number of nitrogens with one attached hydrogen (secondary N) is 3. The molecule has 13 N–H and O–H groups in total. The van der Waals surface area contributed by atoms with Gasteiger partial charge in [0.15, 0.2) is 22.8 Å². The van der Waals surface area contributed by atoms with Crippen LogP contribution in [0, 0.1) is 5.92 Å². The van der Waals surface area contributed by atoms with E-state index in [4.69, 9.17) is 17.2 Å². The first-order valence-corrected chi connectivity index (χ1v) is 23.2. The van der Waals surface area contributed by atoms with Crippen molar-refractivity contribution in [2.75, 3.05) is 49.6 Å². The normalized spacial score (nSPS) is 12.7. The number of aliphatic carboxylic acids is 1. The van der Waals surface area contributed by atoms with Crippen molar-refractivity contribution in [2.24, 2.45) is 11.7 Å². The molecule has 0 aliphatic rings. The van der Waals surface area contributed by atoms with Gasteiger partial charge in [-0.2, -0.15) is 9.97 Å². The zero-order valence-corrected chi connectivity index (χ0v) is 40.8. The maximum atomic E-state index is 13.8. The second-order valence-electron chi connectivity index (χ2n) is 17.1. The minimum atomic E-state index is -1.42. The number of amides is 6. The summed E-state index contributed by atoms with van der Waals surface area (Å²) in [6, 6.07) is 2.53. The van der Waals surface area contributed by atoms with Crippen LogP contribution >= 0.6 is 0 Å². The summed E-state index contributed by atoms with van der Waals surface area (Å²) in [5.74, 6) is -7.14. The van der Waals surface area contributed by atoms with Crippen molar-refractivity contribution in [1.82, 2.24) is 51.1 Å². The van der Waals surface area contributed by atoms with E-state index in [0.717, 1.165) is 20.8 Å². The number of ketones is 2. The van der Waals surface area contributed by atoms with Gasteiger partial charge in [0.05, 0.1) is 30.5 Å². The monoisotopic (exact) mass is 1010 g/mol. The first-order chi connectivity index (χ1) is 34.0. The number of anilines is 3. The molecule has 0 spiro atoms. The Morgan fingerprint density at radius 2 is 1.28 bits per heavy atom. The molecular weight excluding hydrogens is 945 g/mol. The molecule has 27 nitrogen and oxygen atoms in total. The number of carboxylic acid groups (broad SMARTS) is 1. The van der Waals surface area contributed by atoms with Crippen molar-refractivity contribution in [3.8, 4) is 0 Å². The summed E-state index contributed by atoms with van der Waals surface area (Å²) in [7, 11) is 1.78. The molecule has 0 bridgehead atoms. The molecule has 394 valence electrons. The highest BCUT2D eigenvalue weighted by atomic mass is 16.5. The zero-order chi connectivity index (χ0) is 53.7. The molecule has 0 saturated heterocycles. The van der Waals surface area contributed by atoms with Gasteiger partial charge in [0.1, 0.15) is 11.8 Å². The molecule has 2 heterocycles. The van der Waals surface area contributed by atoms with E-state index in [1.54, 1.807) is 19.2 Å². The summed E-state index contributed by atoms with van der Waals surface area (Å²) < 4.78 is 0. The number of benzene rings is 1. The van der Waals surface area contributed by atoms with Gasteiger partial charge in [-0.05, 0) is 75.6 Å². The standard InChI is InChI=1S/C45H66N14O13/c1-26(60)57(70)20-6-9-30(23-37(64)34(11-8-22-59(72)28(3)62)52-43(67)33(46)10-7-21-58(71)27(2)61)36(63)12-5-19-49-38(65)18-17-35(44(68)69)53-42(66)29-13-15-32(16-14-29)56(4)25-31-24-50-41-39(51-31)40(47)54-45(48)55-41/h13-16,24,30,33-35,70-72H,5-12,17-23,25,46H2,1-4H3,(H,49,65)(H,52,67)(H,53,66)(H,68,69)(H4,47,48,50,54,55)/t30-,33+,34+,35+/m1/s1. The number of hydrogen-bond acceptors (Lipinski definition) is 20. The van der Waals surface area contributed by atoms with Gasteiger partial charge in [-0.15, -0.1) is 0 Å². The summed E-state index contributed by atoms with van der Waals surface area (Å²) in [6.07, 6.45) is 0.870. The third kappa shape index (κ3) is 19.7. The van der Waals surface area contributed by atoms with Crippen molar-refractivity contribution in [2.45, 2.75) is 116 Å². The van der Waals surface area contributed by atoms with E-state index in [0.29, 0.717) is 38.6 Å². The van der Waals surface area contributed by atoms with Gasteiger partial charge in [0.25, 0.3) is 5.91 Å². The maximum Gasteiger partial charge on any atom is 0.326 e. The lowest BCUT2D eigenvalue weighted by molar-refractivity contribution is -0.163. The number of carbonyl (C=O) groups is 9. The fourth-order valence-electron chi connectivity index (χ4n) is 7.17. The van der Waals surface area contributed by atoms with E-state index >= 15 is 0 Å². The second kappa shape index (κ2) is 29.0. The van der Waals surface area contributed by atoms with Crippen molar-refractivity contribution in [3.05, 3.63) is 41.7 Å². The predicted octanol–water partition coefficient (Wildman–Crippen LogP) is 0.0905. The summed E-state index contributed by atoms with van der Waals surface area (Å²) >= 11 is 0. The molecule has 72 heavy (non-hydrogen) atoms. The van der Waals surface area contributed by atoms with Crippen LogP contribution in [0.5, 0.6) is 0 Å². The fraction of sp³-hybridized carbons (Fsp3) is 0.533. The number of carbonyl (C=O) groups excluding carboxylic acids is 8. The Labute approximate surface area is 414 Å². The van der Waals surface area contributed by atoms with Gasteiger partial charge in [-0.3, -0.25) is 54.0 Å². The highest BCUT2D eigenvalue weighted by Crippen LogP contribution is 2.21. The Balaban J connectivity index is 1.56. The van der Waals surface area contributed by atoms with Crippen LogP contribution in [0.3, 0.4) is 0 Å². The van der Waals surface area contributed by atoms with Crippen LogP contribution in [0.2, 0.25) is 0 Å². The number of fused-ring (bicyclic) bond motifs is 1. The zero-order valence-electron chi connectivity index (χ0n) is 40.8. The molecule has 0 unspecified atom stereocenters. The largest absolute Gasteiger partial charge is 0.480 e. The molecule has 3 aromatic rings. The van der Waals surface area contributed by atoms with Crippen molar-refractivity contribution >= 4 is 81.6 Å². The van der Waals surface area contributed by atoms with Crippen LogP contribution in [0.15, 0.2) is 30.5 Å². The summed E-state index contributed by atoms with van der Waals surface area (Å²) in [5, 5.41) is 48.2.